The van der Waals surface area contributed by atoms with Gasteiger partial charge in [-0.15, -0.1) is 0 Å². The molecule has 2 rings (SSSR count). The minimum atomic E-state index is -2.55. The lowest BCUT2D eigenvalue weighted by atomic mass is 10.1. The first-order chi connectivity index (χ1) is 9.02. The predicted molar refractivity (Wildman–Crippen MR) is 66.0 cm³/mol. The molecule has 2 aromatic rings. The maximum Gasteiger partial charge on any atom is 0.263 e. The molecular weight excluding hydrogens is 252 g/mol. The van der Waals surface area contributed by atoms with E-state index in [2.05, 4.69) is 9.97 Å². The Labute approximate surface area is 107 Å². The van der Waals surface area contributed by atoms with Crippen LogP contribution in [0.4, 0.5) is 20.5 Å². The maximum atomic E-state index is 12.5. The monoisotopic (exact) mass is 261 g/mol. The Kier molecular flexibility index (Phi) is 3.25. The average molecular weight is 261 g/mol. The molecule has 0 spiro atoms. The molecule has 96 valence electrons. The van der Waals surface area contributed by atoms with Gasteiger partial charge in [-0.25, -0.2) is 13.8 Å². The van der Waals surface area contributed by atoms with Crippen molar-refractivity contribution in [3.8, 4) is 17.3 Å². The number of alkyl halides is 2. The van der Waals surface area contributed by atoms with Crippen molar-refractivity contribution >= 4 is 11.8 Å². The van der Waals surface area contributed by atoms with Crippen LogP contribution in [0.5, 0.6) is 0 Å². The van der Waals surface area contributed by atoms with Crippen molar-refractivity contribution in [1.82, 2.24) is 9.97 Å². The molecule has 0 atom stereocenters. The zero-order valence-electron chi connectivity index (χ0n) is 9.64. The fraction of sp³-hybridized carbons (Fsp3) is 0.0833. The van der Waals surface area contributed by atoms with Crippen LogP contribution in [-0.4, -0.2) is 9.97 Å². The van der Waals surface area contributed by atoms with Gasteiger partial charge in [0, 0.05) is 11.1 Å². The second-order valence-corrected chi connectivity index (χ2v) is 3.73. The molecule has 0 saturated carbocycles. The Morgan fingerprint density at radius 3 is 2.26 bits per heavy atom. The molecule has 0 radical (unpaired) electrons. The summed E-state index contributed by atoms with van der Waals surface area (Å²) < 4.78 is 24.9. The molecule has 0 amide bonds. The SMILES string of the molecule is N#Cc1c(N)nc(N)nc1-c1ccc(C(F)F)cc1. The van der Waals surface area contributed by atoms with E-state index in [1.165, 1.54) is 24.3 Å². The normalized spacial score (nSPS) is 10.4. The van der Waals surface area contributed by atoms with Crippen LogP contribution in [0.25, 0.3) is 11.3 Å². The average Bonchev–Trinajstić information content (AvgIpc) is 2.38. The number of nitrogen functional groups attached to an aromatic ring is 2. The lowest BCUT2D eigenvalue weighted by Crippen LogP contribution is -2.05. The van der Waals surface area contributed by atoms with Crippen molar-refractivity contribution in [2.45, 2.75) is 6.43 Å². The van der Waals surface area contributed by atoms with Gasteiger partial charge in [-0.1, -0.05) is 24.3 Å². The molecule has 0 aliphatic rings. The number of nitrogens with two attached hydrogens (primary N) is 2. The summed E-state index contributed by atoms with van der Waals surface area (Å²) in [5.41, 5.74) is 11.7. The summed E-state index contributed by atoms with van der Waals surface area (Å²) in [5.74, 6) is -0.118. The van der Waals surface area contributed by atoms with Gasteiger partial charge in [0.1, 0.15) is 17.5 Å². The third kappa shape index (κ3) is 2.42. The molecule has 1 aromatic carbocycles. The topological polar surface area (TPSA) is 102 Å². The third-order valence-electron chi connectivity index (χ3n) is 2.50. The van der Waals surface area contributed by atoms with E-state index in [1.807, 2.05) is 6.07 Å². The maximum absolute atomic E-state index is 12.5. The molecule has 4 N–H and O–H groups in total. The lowest BCUT2D eigenvalue weighted by Gasteiger charge is -2.07. The predicted octanol–water partition coefficient (Wildman–Crippen LogP) is 2.12. The van der Waals surface area contributed by atoms with Crippen LogP contribution in [0.1, 0.15) is 17.6 Å². The summed E-state index contributed by atoms with van der Waals surface area (Å²) in [5, 5.41) is 9.02. The van der Waals surface area contributed by atoms with E-state index in [0.29, 0.717) is 5.56 Å². The van der Waals surface area contributed by atoms with Crippen molar-refractivity contribution in [3.05, 3.63) is 35.4 Å². The van der Waals surface area contributed by atoms with E-state index in [-0.39, 0.29) is 28.6 Å². The van der Waals surface area contributed by atoms with Gasteiger partial charge in [0.2, 0.25) is 5.95 Å². The Morgan fingerprint density at radius 2 is 1.74 bits per heavy atom. The number of aromatic nitrogens is 2. The minimum absolute atomic E-state index is 0.0389. The zero-order valence-corrected chi connectivity index (χ0v) is 9.64. The molecule has 0 aliphatic heterocycles. The summed E-state index contributed by atoms with van der Waals surface area (Å²) in [6.07, 6.45) is -2.55. The van der Waals surface area contributed by atoms with E-state index in [1.54, 1.807) is 0 Å². The van der Waals surface area contributed by atoms with Crippen molar-refractivity contribution in [2.75, 3.05) is 11.5 Å². The summed E-state index contributed by atoms with van der Waals surface area (Å²) in [6, 6.07) is 7.26. The zero-order chi connectivity index (χ0) is 14.0. The van der Waals surface area contributed by atoms with Gasteiger partial charge in [-0.05, 0) is 0 Å². The summed E-state index contributed by atoms with van der Waals surface area (Å²) in [7, 11) is 0. The molecule has 5 nitrogen and oxygen atoms in total. The molecule has 0 saturated heterocycles. The number of anilines is 2. The third-order valence-corrected chi connectivity index (χ3v) is 2.50. The first-order valence-corrected chi connectivity index (χ1v) is 5.24. The van der Waals surface area contributed by atoms with E-state index >= 15 is 0 Å². The minimum Gasteiger partial charge on any atom is -0.382 e. The van der Waals surface area contributed by atoms with Crippen LogP contribution in [0.15, 0.2) is 24.3 Å². The lowest BCUT2D eigenvalue weighted by molar-refractivity contribution is 0.151. The van der Waals surface area contributed by atoms with Gasteiger partial charge in [0.05, 0.1) is 5.69 Å². The Morgan fingerprint density at radius 1 is 1.11 bits per heavy atom. The van der Waals surface area contributed by atoms with Crippen LogP contribution in [0.3, 0.4) is 0 Å². The number of nitriles is 1. The number of halogens is 2. The Bertz CT molecular complexity index is 646. The highest BCUT2D eigenvalue weighted by Crippen LogP contribution is 2.27. The van der Waals surface area contributed by atoms with Crippen LogP contribution >= 0.6 is 0 Å². The first kappa shape index (κ1) is 12.7. The molecule has 0 unspecified atom stereocenters. The highest BCUT2D eigenvalue weighted by molar-refractivity contribution is 5.73. The smallest absolute Gasteiger partial charge is 0.263 e. The molecule has 0 aliphatic carbocycles. The number of nitrogens with zero attached hydrogens (tertiary/aromatic N) is 3. The van der Waals surface area contributed by atoms with Gasteiger partial charge in [-0.3, -0.25) is 0 Å². The molecule has 0 fully saturated rings. The highest BCUT2D eigenvalue weighted by Gasteiger charge is 2.14. The summed E-state index contributed by atoms with van der Waals surface area (Å²) in [4.78, 5) is 7.60. The van der Waals surface area contributed by atoms with Crippen molar-refractivity contribution in [2.24, 2.45) is 0 Å². The Hall–Kier alpha value is -2.75. The van der Waals surface area contributed by atoms with Crippen LogP contribution in [0.2, 0.25) is 0 Å². The van der Waals surface area contributed by atoms with Crippen LogP contribution in [0, 0.1) is 11.3 Å². The van der Waals surface area contributed by atoms with Crippen molar-refractivity contribution in [3.63, 3.8) is 0 Å². The fourth-order valence-corrected chi connectivity index (χ4v) is 1.60. The van der Waals surface area contributed by atoms with Crippen molar-refractivity contribution in [1.29, 1.82) is 5.26 Å². The van der Waals surface area contributed by atoms with Gasteiger partial charge >= 0.3 is 0 Å². The second-order valence-electron chi connectivity index (χ2n) is 3.73. The number of benzene rings is 1. The first-order valence-electron chi connectivity index (χ1n) is 5.24. The fourth-order valence-electron chi connectivity index (χ4n) is 1.60. The summed E-state index contributed by atoms with van der Waals surface area (Å²) in [6.45, 7) is 0. The van der Waals surface area contributed by atoms with E-state index in [0.717, 1.165) is 0 Å². The molecular formula is C12H9F2N5. The number of hydrogen-bond acceptors (Lipinski definition) is 5. The number of rotatable bonds is 2. The molecule has 0 bridgehead atoms. The van der Waals surface area contributed by atoms with Gasteiger partial charge in [0.25, 0.3) is 6.43 Å². The largest absolute Gasteiger partial charge is 0.382 e. The molecule has 1 aromatic heterocycles. The summed E-state index contributed by atoms with van der Waals surface area (Å²) >= 11 is 0. The second kappa shape index (κ2) is 4.86. The Balaban J connectivity index is 2.56. The van der Waals surface area contributed by atoms with E-state index in [4.69, 9.17) is 16.7 Å². The van der Waals surface area contributed by atoms with Gasteiger partial charge in [0.15, 0.2) is 0 Å². The van der Waals surface area contributed by atoms with E-state index in [9.17, 15) is 8.78 Å². The van der Waals surface area contributed by atoms with Gasteiger partial charge in [-0.2, -0.15) is 10.2 Å². The van der Waals surface area contributed by atoms with Crippen LogP contribution < -0.4 is 11.5 Å². The molecule has 19 heavy (non-hydrogen) atoms. The highest BCUT2D eigenvalue weighted by atomic mass is 19.3. The number of hydrogen-bond donors (Lipinski definition) is 2. The molecule has 1 heterocycles. The van der Waals surface area contributed by atoms with Crippen molar-refractivity contribution < 1.29 is 8.78 Å². The standard InChI is InChI=1S/C12H9F2N5/c13-10(14)7-3-1-6(2-4-7)9-8(5-15)11(16)19-12(17)18-9/h1-4,10H,(H4,16,17,18,19). The van der Waals surface area contributed by atoms with Crippen LogP contribution in [-0.2, 0) is 0 Å². The molecule has 7 heteroatoms. The quantitative estimate of drug-likeness (QED) is 0.862. The van der Waals surface area contributed by atoms with Gasteiger partial charge < -0.3 is 11.5 Å². The van der Waals surface area contributed by atoms with E-state index < -0.39 is 6.43 Å².